The predicted octanol–water partition coefficient (Wildman–Crippen LogP) is 4.26. The highest BCUT2D eigenvalue weighted by Crippen LogP contribution is 2.37. The Morgan fingerprint density at radius 1 is 1.03 bits per heavy atom. The second-order valence-corrected chi connectivity index (χ2v) is 13.9. The molecule has 0 bridgehead atoms. The van der Waals surface area contributed by atoms with Crippen molar-refractivity contribution in [3.05, 3.63) is 78.2 Å². The standard InChI is InChI=1S/C27H33NO6Si/c1-20(29)32-19-22-18-25(28-34-22)21(17-26(30)31)15-16-33-35(27(2,3)4,23-11-7-5-8-12-23)24-13-9-6-10-14-24/h5-14,18,21H,15-17,19H2,1-4H3,(H,30,31)/t21-/m1/s1. The molecule has 0 amide bonds. The van der Waals surface area contributed by atoms with Gasteiger partial charge in [0.25, 0.3) is 8.32 Å². The van der Waals surface area contributed by atoms with E-state index in [9.17, 15) is 14.7 Å². The number of rotatable bonds is 11. The first-order chi connectivity index (χ1) is 16.6. The molecule has 1 N–H and O–H groups in total. The van der Waals surface area contributed by atoms with Crippen molar-refractivity contribution in [2.24, 2.45) is 0 Å². The number of carboxylic acid groups (broad SMARTS) is 1. The average Bonchev–Trinajstić information content (AvgIpc) is 3.29. The first kappa shape index (κ1) is 26.4. The van der Waals surface area contributed by atoms with Crippen LogP contribution in [0.1, 0.15) is 57.9 Å². The molecule has 8 heteroatoms. The van der Waals surface area contributed by atoms with E-state index in [-0.39, 0.29) is 18.1 Å². The van der Waals surface area contributed by atoms with Gasteiger partial charge < -0.3 is 18.8 Å². The smallest absolute Gasteiger partial charge is 0.304 e. The number of carbonyl (C=O) groups excluding carboxylic acids is 1. The lowest BCUT2D eigenvalue weighted by atomic mass is 9.98. The van der Waals surface area contributed by atoms with Gasteiger partial charge in [0.2, 0.25) is 0 Å². The van der Waals surface area contributed by atoms with Crippen molar-refractivity contribution in [2.45, 2.75) is 58.1 Å². The molecule has 1 aromatic heterocycles. The van der Waals surface area contributed by atoms with Crippen LogP contribution in [0.15, 0.2) is 71.3 Å². The van der Waals surface area contributed by atoms with E-state index < -0.39 is 26.2 Å². The molecular weight excluding hydrogens is 462 g/mol. The molecule has 1 atom stereocenters. The minimum Gasteiger partial charge on any atom is -0.481 e. The molecule has 7 nitrogen and oxygen atoms in total. The zero-order valence-electron chi connectivity index (χ0n) is 20.7. The van der Waals surface area contributed by atoms with Gasteiger partial charge in [0.15, 0.2) is 12.4 Å². The molecule has 35 heavy (non-hydrogen) atoms. The van der Waals surface area contributed by atoms with Crippen LogP contribution in [0.25, 0.3) is 0 Å². The number of carbonyl (C=O) groups is 2. The number of esters is 1. The fraction of sp³-hybridized carbons (Fsp3) is 0.370. The molecule has 186 valence electrons. The number of benzene rings is 2. The molecule has 0 aliphatic carbocycles. The molecule has 0 aliphatic rings. The molecule has 3 rings (SSSR count). The highest BCUT2D eigenvalue weighted by atomic mass is 28.4. The molecule has 0 saturated carbocycles. The van der Waals surface area contributed by atoms with Gasteiger partial charge in [-0.2, -0.15) is 0 Å². The van der Waals surface area contributed by atoms with Crippen molar-refractivity contribution in [1.82, 2.24) is 5.16 Å². The number of hydrogen-bond acceptors (Lipinski definition) is 6. The lowest BCUT2D eigenvalue weighted by molar-refractivity contribution is -0.143. The van der Waals surface area contributed by atoms with Crippen molar-refractivity contribution in [2.75, 3.05) is 6.61 Å². The molecule has 0 spiro atoms. The van der Waals surface area contributed by atoms with Gasteiger partial charge in [-0.25, -0.2) is 0 Å². The highest BCUT2D eigenvalue weighted by Gasteiger charge is 2.50. The maximum atomic E-state index is 11.6. The van der Waals surface area contributed by atoms with Gasteiger partial charge in [-0.3, -0.25) is 9.59 Å². The van der Waals surface area contributed by atoms with Crippen LogP contribution in [-0.2, 0) is 25.4 Å². The predicted molar refractivity (Wildman–Crippen MR) is 135 cm³/mol. The fourth-order valence-corrected chi connectivity index (χ4v) is 9.02. The Kier molecular flexibility index (Phi) is 8.64. The van der Waals surface area contributed by atoms with Crippen LogP contribution in [-0.4, -0.2) is 37.1 Å². The summed E-state index contributed by atoms with van der Waals surface area (Å²) in [7, 11) is -2.73. The van der Waals surface area contributed by atoms with Crippen molar-refractivity contribution in [1.29, 1.82) is 0 Å². The molecule has 0 fully saturated rings. The zero-order chi connectivity index (χ0) is 25.5. The Morgan fingerprint density at radius 3 is 2.09 bits per heavy atom. The van der Waals surface area contributed by atoms with Gasteiger partial charge in [0.1, 0.15) is 0 Å². The quantitative estimate of drug-likeness (QED) is 0.313. The molecule has 0 radical (unpaired) electrons. The lowest BCUT2D eigenvalue weighted by Gasteiger charge is -2.43. The summed E-state index contributed by atoms with van der Waals surface area (Å²) in [4.78, 5) is 22.7. The van der Waals surface area contributed by atoms with Crippen LogP contribution in [0.5, 0.6) is 0 Å². The molecule has 0 aliphatic heterocycles. The van der Waals surface area contributed by atoms with Gasteiger partial charge in [-0.1, -0.05) is 86.6 Å². The van der Waals surface area contributed by atoms with E-state index in [0.29, 0.717) is 24.5 Å². The number of nitrogens with zero attached hydrogens (tertiary/aromatic N) is 1. The Bertz CT molecular complexity index is 1070. The van der Waals surface area contributed by atoms with E-state index in [1.54, 1.807) is 6.07 Å². The molecule has 0 unspecified atom stereocenters. The van der Waals surface area contributed by atoms with Crippen LogP contribution in [0.2, 0.25) is 5.04 Å². The van der Waals surface area contributed by atoms with Crippen LogP contribution in [0.3, 0.4) is 0 Å². The van der Waals surface area contributed by atoms with Gasteiger partial charge in [-0.15, -0.1) is 0 Å². The molecular formula is C27H33NO6Si. The van der Waals surface area contributed by atoms with E-state index in [0.717, 1.165) is 0 Å². The summed E-state index contributed by atoms with van der Waals surface area (Å²) in [6.07, 6.45) is 0.347. The number of aliphatic carboxylic acids is 1. The van der Waals surface area contributed by atoms with E-state index in [1.165, 1.54) is 17.3 Å². The minimum atomic E-state index is -2.73. The van der Waals surface area contributed by atoms with Crippen molar-refractivity contribution < 1.29 is 28.4 Å². The monoisotopic (exact) mass is 495 g/mol. The summed E-state index contributed by atoms with van der Waals surface area (Å²) in [5, 5.41) is 15.7. The first-order valence-corrected chi connectivity index (χ1v) is 13.6. The van der Waals surface area contributed by atoms with E-state index in [1.807, 2.05) is 36.4 Å². The third-order valence-electron chi connectivity index (χ3n) is 6.04. The number of carboxylic acids is 1. The topological polar surface area (TPSA) is 98.9 Å². The van der Waals surface area contributed by atoms with Gasteiger partial charge >= 0.3 is 11.9 Å². The zero-order valence-corrected chi connectivity index (χ0v) is 21.7. The third-order valence-corrected chi connectivity index (χ3v) is 11.1. The fourth-order valence-electron chi connectivity index (χ4n) is 4.44. The van der Waals surface area contributed by atoms with Crippen molar-refractivity contribution in [3.8, 4) is 0 Å². The first-order valence-electron chi connectivity index (χ1n) is 11.7. The minimum absolute atomic E-state index is 0.0410. The maximum absolute atomic E-state index is 11.6. The Balaban J connectivity index is 1.88. The van der Waals surface area contributed by atoms with Gasteiger partial charge in [-0.05, 0) is 21.8 Å². The Hall–Kier alpha value is -3.23. The number of hydrogen-bond donors (Lipinski definition) is 1. The highest BCUT2D eigenvalue weighted by molar-refractivity contribution is 6.99. The summed E-state index contributed by atoms with van der Waals surface area (Å²) in [5.41, 5.74) is 0.514. The Morgan fingerprint density at radius 2 is 1.60 bits per heavy atom. The molecule has 2 aromatic carbocycles. The van der Waals surface area contributed by atoms with Gasteiger partial charge in [0, 0.05) is 25.5 Å². The SMILES string of the molecule is CC(=O)OCc1cc([C@H](CCO[Si](c2ccccc2)(c2ccccc2)C(C)(C)C)CC(=O)O)no1. The van der Waals surface area contributed by atoms with Crippen LogP contribution >= 0.6 is 0 Å². The van der Waals surface area contributed by atoms with E-state index >= 15 is 0 Å². The van der Waals surface area contributed by atoms with Crippen molar-refractivity contribution >= 4 is 30.6 Å². The summed E-state index contributed by atoms with van der Waals surface area (Å²) in [6, 6.07) is 22.3. The number of ether oxygens (including phenoxy) is 1. The third kappa shape index (κ3) is 6.46. The summed E-state index contributed by atoms with van der Waals surface area (Å²) < 4.78 is 17.1. The summed E-state index contributed by atoms with van der Waals surface area (Å²) >= 11 is 0. The maximum Gasteiger partial charge on any atom is 0.304 e. The normalized spacial score (nSPS) is 12.8. The molecule has 0 saturated heterocycles. The largest absolute Gasteiger partial charge is 0.481 e. The second kappa shape index (κ2) is 11.5. The number of aromatic nitrogens is 1. The van der Waals surface area contributed by atoms with E-state index in [2.05, 4.69) is 50.2 Å². The summed E-state index contributed by atoms with van der Waals surface area (Å²) in [6.45, 7) is 8.23. The molecule has 1 heterocycles. The Labute approximate surface area is 207 Å². The summed E-state index contributed by atoms with van der Waals surface area (Å²) in [5.74, 6) is -1.38. The van der Waals surface area contributed by atoms with Crippen LogP contribution < -0.4 is 10.4 Å². The lowest BCUT2D eigenvalue weighted by Crippen LogP contribution is -2.66. The molecule has 3 aromatic rings. The van der Waals surface area contributed by atoms with Crippen LogP contribution in [0.4, 0.5) is 0 Å². The van der Waals surface area contributed by atoms with E-state index in [4.69, 9.17) is 13.7 Å². The average molecular weight is 496 g/mol. The van der Waals surface area contributed by atoms with Crippen molar-refractivity contribution in [3.63, 3.8) is 0 Å². The van der Waals surface area contributed by atoms with Gasteiger partial charge in [0.05, 0.1) is 12.1 Å². The van der Waals surface area contributed by atoms with Crippen LogP contribution in [0, 0.1) is 0 Å². The second-order valence-electron chi connectivity index (χ2n) is 9.59.